The Balaban J connectivity index is 1.94. The molecule has 0 aromatic carbocycles. The van der Waals surface area contributed by atoms with Crippen molar-refractivity contribution < 1.29 is 4.21 Å². The monoisotopic (exact) mass is 269 g/mol. The quantitative estimate of drug-likeness (QED) is 0.826. The van der Waals surface area contributed by atoms with Gasteiger partial charge < -0.3 is 0 Å². The third-order valence-corrected chi connectivity index (χ3v) is 5.27. The highest BCUT2D eigenvalue weighted by molar-refractivity contribution is 7.85. The van der Waals surface area contributed by atoms with Crippen LogP contribution in [0.15, 0.2) is 0 Å². The second-order valence-electron chi connectivity index (χ2n) is 5.77. The minimum Gasteiger partial charge on any atom is -0.298 e. The molecule has 4 nitrogen and oxygen atoms in total. The van der Waals surface area contributed by atoms with E-state index in [-0.39, 0.29) is 5.54 Å². The number of nitrogens with one attached hydrogen (secondary N) is 1. The van der Waals surface area contributed by atoms with Crippen LogP contribution in [0.5, 0.6) is 0 Å². The molecule has 1 saturated heterocycles. The molecule has 5 heteroatoms. The fraction of sp³-hybridized carbons (Fsp3) is 0.923. The SMILES string of the molecule is CC(C)NC1(C#N)CCC(N2CCS(=O)CC2)C1. The van der Waals surface area contributed by atoms with Gasteiger partial charge in [-0.1, -0.05) is 0 Å². The van der Waals surface area contributed by atoms with Gasteiger partial charge in [0, 0.05) is 47.5 Å². The molecule has 2 fully saturated rings. The Morgan fingerprint density at radius 1 is 1.44 bits per heavy atom. The molecule has 2 unspecified atom stereocenters. The lowest BCUT2D eigenvalue weighted by Crippen LogP contribution is -2.48. The van der Waals surface area contributed by atoms with E-state index >= 15 is 0 Å². The molecule has 0 amide bonds. The van der Waals surface area contributed by atoms with Crippen LogP contribution in [0.2, 0.25) is 0 Å². The summed E-state index contributed by atoms with van der Waals surface area (Å²) in [6, 6.07) is 3.33. The van der Waals surface area contributed by atoms with Crippen molar-refractivity contribution in [1.82, 2.24) is 10.2 Å². The minimum absolute atomic E-state index is 0.338. The lowest BCUT2D eigenvalue weighted by Gasteiger charge is -2.33. The lowest BCUT2D eigenvalue weighted by molar-refractivity contribution is 0.208. The number of hydrogen-bond acceptors (Lipinski definition) is 4. The van der Waals surface area contributed by atoms with Gasteiger partial charge in [-0.2, -0.15) is 5.26 Å². The third-order valence-electron chi connectivity index (χ3n) is 4.00. The molecule has 0 radical (unpaired) electrons. The van der Waals surface area contributed by atoms with Gasteiger partial charge in [0.1, 0.15) is 5.54 Å². The molecule has 0 spiro atoms. The Labute approximate surface area is 112 Å². The standard InChI is InChI=1S/C13H23N3OS/c1-11(2)15-13(10-14)4-3-12(9-13)16-5-7-18(17)8-6-16/h11-12,15H,3-9H2,1-2H3. The first-order valence-electron chi connectivity index (χ1n) is 6.83. The lowest BCUT2D eigenvalue weighted by atomic mass is 9.98. The fourth-order valence-electron chi connectivity index (χ4n) is 3.17. The topological polar surface area (TPSA) is 56.1 Å². The van der Waals surface area contributed by atoms with Gasteiger partial charge >= 0.3 is 0 Å². The van der Waals surface area contributed by atoms with E-state index in [9.17, 15) is 9.47 Å². The second-order valence-corrected chi connectivity index (χ2v) is 7.47. The van der Waals surface area contributed by atoms with Crippen molar-refractivity contribution in [2.24, 2.45) is 0 Å². The maximum atomic E-state index is 11.4. The Bertz CT molecular complexity index is 356. The first kappa shape index (κ1) is 14.0. The molecule has 102 valence electrons. The van der Waals surface area contributed by atoms with E-state index in [1.54, 1.807) is 0 Å². The van der Waals surface area contributed by atoms with Gasteiger partial charge in [0.25, 0.3) is 0 Å². The molecule has 2 atom stereocenters. The summed E-state index contributed by atoms with van der Waals surface area (Å²) in [6.07, 6.45) is 2.93. The molecule has 0 aromatic heterocycles. The zero-order valence-corrected chi connectivity index (χ0v) is 12.1. The average molecular weight is 269 g/mol. The fourth-order valence-corrected chi connectivity index (χ4v) is 4.25. The Kier molecular flexibility index (Phi) is 4.41. The molecular weight excluding hydrogens is 246 g/mol. The number of nitriles is 1. The van der Waals surface area contributed by atoms with Crippen LogP contribution in [0, 0.1) is 11.3 Å². The van der Waals surface area contributed by atoms with E-state index in [1.807, 2.05) is 0 Å². The van der Waals surface area contributed by atoms with Gasteiger partial charge in [-0.15, -0.1) is 0 Å². The van der Waals surface area contributed by atoms with Gasteiger partial charge in [0.2, 0.25) is 0 Å². The van der Waals surface area contributed by atoms with Crippen LogP contribution in [-0.2, 0) is 10.8 Å². The predicted molar refractivity (Wildman–Crippen MR) is 73.7 cm³/mol. The van der Waals surface area contributed by atoms with E-state index in [4.69, 9.17) is 0 Å². The Hall–Kier alpha value is -0.440. The number of nitrogens with zero attached hydrogens (tertiary/aromatic N) is 2. The van der Waals surface area contributed by atoms with Gasteiger partial charge in [-0.3, -0.25) is 14.4 Å². The zero-order valence-electron chi connectivity index (χ0n) is 11.3. The average Bonchev–Trinajstić information content (AvgIpc) is 2.74. The summed E-state index contributed by atoms with van der Waals surface area (Å²) < 4.78 is 11.4. The Morgan fingerprint density at radius 3 is 2.67 bits per heavy atom. The van der Waals surface area contributed by atoms with E-state index in [0.29, 0.717) is 12.1 Å². The van der Waals surface area contributed by atoms with Gasteiger partial charge in [0.15, 0.2) is 0 Å². The summed E-state index contributed by atoms with van der Waals surface area (Å²) in [5, 5.41) is 12.9. The molecule has 18 heavy (non-hydrogen) atoms. The molecule has 1 saturated carbocycles. The molecule has 2 aliphatic rings. The van der Waals surface area contributed by atoms with Crippen LogP contribution < -0.4 is 5.32 Å². The van der Waals surface area contributed by atoms with Crippen molar-refractivity contribution >= 4 is 10.8 Å². The summed E-state index contributed by atoms with van der Waals surface area (Å²) in [7, 11) is -0.613. The van der Waals surface area contributed by atoms with Crippen molar-refractivity contribution in [3.8, 4) is 6.07 Å². The molecule has 1 aliphatic carbocycles. The van der Waals surface area contributed by atoms with Crippen LogP contribution in [0.4, 0.5) is 0 Å². The normalized spacial score (nSPS) is 34.9. The first-order valence-corrected chi connectivity index (χ1v) is 8.31. The highest BCUT2D eigenvalue weighted by Crippen LogP contribution is 2.33. The summed E-state index contributed by atoms with van der Waals surface area (Å²) in [6.45, 7) is 6.05. The summed E-state index contributed by atoms with van der Waals surface area (Å²) in [5.41, 5.74) is -0.338. The molecule has 1 aliphatic heterocycles. The largest absolute Gasteiger partial charge is 0.298 e. The van der Waals surface area contributed by atoms with Gasteiger partial charge in [-0.25, -0.2) is 0 Å². The Morgan fingerprint density at radius 2 is 2.11 bits per heavy atom. The predicted octanol–water partition coefficient (Wildman–Crippen LogP) is 0.864. The van der Waals surface area contributed by atoms with Crippen molar-refractivity contribution in [3.05, 3.63) is 0 Å². The van der Waals surface area contributed by atoms with Crippen molar-refractivity contribution in [3.63, 3.8) is 0 Å². The van der Waals surface area contributed by atoms with Crippen LogP contribution in [0.25, 0.3) is 0 Å². The smallest absolute Gasteiger partial charge is 0.108 e. The second kappa shape index (κ2) is 5.68. The van der Waals surface area contributed by atoms with E-state index in [0.717, 1.165) is 43.9 Å². The van der Waals surface area contributed by atoms with Crippen molar-refractivity contribution in [1.29, 1.82) is 5.26 Å². The molecule has 0 bridgehead atoms. The van der Waals surface area contributed by atoms with Crippen LogP contribution in [-0.4, -0.2) is 51.3 Å². The number of hydrogen-bond donors (Lipinski definition) is 1. The zero-order chi connectivity index (χ0) is 13.2. The van der Waals surface area contributed by atoms with E-state index in [1.165, 1.54) is 0 Å². The van der Waals surface area contributed by atoms with Crippen molar-refractivity contribution in [2.75, 3.05) is 24.6 Å². The van der Waals surface area contributed by atoms with Crippen molar-refractivity contribution in [2.45, 2.75) is 50.7 Å². The summed E-state index contributed by atoms with van der Waals surface area (Å²) in [5.74, 6) is 1.60. The molecule has 0 aromatic rings. The molecule has 2 rings (SSSR count). The van der Waals surface area contributed by atoms with Crippen LogP contribution in [0.1, 0.15) is 33.1 Å². The van der Waals surface area contributed by atoms with E-state index < -0.39 is 10.8 Å². The third kappa shape index (κ3) is 3.11. The summed E-state index contributed by atoms with van der Waals surface area (Å²) >= 11 is 0. The van der Waals surface area contributed by atoms with Gasteiger partial charge in [0.05, 0.1) is 6.07 Å². The number of rotatable bonds is 3. The maximum Gasteiger partial charge on any atom is 0.108 e. The summed E-state index contributed by atoms with van der Waals surface area (Å²) in [4.78, 5) is 2.43. The van der Waals surface area contributed by atoms with Crippen LogP contribution >= 0.6 is 0 Å². The molecular formula is C13H23N3OS. The minimum atomic E-state index is -0.613. The first-order chi connectivity index (χ1) is 8.54. The van der Waals surface area contributed by atoms with Crippen LogP contribution in [0.3, 0.4) is 0 Å². The van der Waals surface area contributed by atoms with Gasteiger partial charge in [-0.05, 0) is 33.1 Å². The maximum absolute atomic E-state index is 11.4. The molecule has 1 heterocycles. The highest BCUT2D eigenvalue weighted by Gasteiger charge is 2.42. The van der Waals surface area contributed by atoms with E-state index in [2.05, 4.69) is 30.1 Å². The molecule has 1 N–H and O–H groups in total. The highest BCUT2D eigenvalue weighted by atomic mass is 32.2.